The van der Waals surface area contributed by atoms with Crippen molar-refractivity contribution >= 4 is 28.7 Å². The molecule has 1 aromatic carbocycles. The van der Waals surface area contributed by atoms with Gasteiger partial charge in [-0.3, -0.25) is 0 Å². The molecule has 0 bridgehead atoms. The summed E-state index contributed by atoms with van der Waals surface area (Å²) < 4.78 is 11.2. The Hall–Kier alpha value is -1.98. The Morgan fingerprint density at radius 1 is 1.41 bits per heavy atom. The first kappa shape index (κ1) is 13.7. The fraction of sp³-hybridized carbons (Fsp3) is 0.312. The molecule has 3 aromatic rings. The van der Waals surface area contributed by atoms with Gasteiger partial charge in [-0.1, -0.05) is 11.6 Å². The second-order valence-electron chi connectivity index (χ2n) is 5.56. The van der Waals surface area contributed by atoms with Crippen LogP contribution >= 0.6 is 11.6 Å². The zero-order valence-electron chi connectivity index (χ0n) is 12.2. The second-order valence-corrected chi connectivity index (χ2v) is 5.99. The summed E-state index contributed by atoms with van der Waals surface area (Å²) in [6, 6.07) is 6.59. The van der Waals surface area contributed by atoms with Gasteiger partial charge in [0.05, 0.1) is 12.5 Å². The maximum absolute atomic E-state index is 6.23. The van der Waals surface area contributed by atoms with Crippen LogP contribution < -0.4 is 10.2 Å². The first-order valence-electron chi connectivity index (χ1n) is 7.32. The molecule has 1 N–H and O–H groups in total. The van der Waals surface area contributed by atoms with Crippen LogP contribution in [0.4, 0.5) is 6.01 Å². The quantitative estimate of drug-likeness (QED) is 0.783. The van der Waals surface area contributed by atoms with Gasteiger partial charge < -0.3 is 19.1 Å². The molecule has 0 radical (unpaired) electrons. The van der Waals surface area contributed by atoms with Gasteiger partial charge >= 0.3 is 0 Å². The molecule has 0 amide bonds. The number of nitrogens with zero attached hydrogens (tertiary/aromatic N) is 2. The number of anilines is 1. The van der Waals surface area contributed by atoms with E-state index in [-0.39, 0.29) is 0 Å². The SMILES string of the molecule is C[C@H]1CNCCN1c1nc2cc(Cl)cc(-c3ccoc3)c2o1. The maximum atomic E-state index is 6.23. The lowest BCUT2D eigenvalue weighted by atomic mass is 10.1. The molecule has 1 aliphatic heterocycles. The van der Waals surface area contributed by atoms with Crippen LogP contribution in [-0.2, 0) is 0 Å². The van der Waals surface area contributed by atoms with E-state index in [0.717, 1.165) is 41.9 Å². The van der Waals surface area contributed by atoms with Crippen LogP contribution in [0.2, 0.25) is 5.02 Å². The van der Waals surface area contributed by atoms with Crippen LogP contribution in [0.3, 0.4) is 0 Å². The molecular weight excluding hydrogens is 302 g/mol. The maximum Gasteiger partial charge on any atom is 0.298 e. The summed E-state index contributed by atoms with van der Waals surface area (Å²) in [5.41, 5.74) is 3.34. The van der Waals surface area contributed by atoms with Crippen molar-refractivity contribution in [2.45, 2.75) is 13.0 Å². The van der Waals surface area contributed by atoms with E-state index in [4.69, 9.17) is 20.4 Å². The predicted octanol–water partition coefficient (Wildman–Crippen LogP) is 3.54. The smallest absolute Gasteiger partial charge is 0.298 e. The molecule has 4 rings (SSSR count). The Balaban J connectivity index is 1.85. The van der Waals surface area contributed by atoms with E-state index in [9.17, 15) is 0 Å². The highest BCUT2D eigenvalue weighted by Gasteiger charge is 2.24. The minimum absolute atomic E-state index is 0.342. The van der Waals surface area contributed by atoms with Crippen LogP contribution in [0, 0.1) is 0 Å². The molecule has 1 atom stereocenters. The van der Waals surface area contributed by atoms with Crippen LogP contribution in [0.25, 0.3) is 22.2 Å². The summed E-state index contributed by atoms with van der Waals surface area (Å²) in [5, 5.41) is 4.00. The molecule has 0 saturated carbocycles. The monoisotopic (exact) mass is 317 g/mol. The van der Waals surface area contributed by atoms with Gasteiger partial charge in [0.2, 0.25) is 0 Å². The van der Waals surface area contributed by atoms with E-state index in [1.165, 1.54) is 0 Å². The minimum atomic E-state index is 0.342. The highest BCUT2D eigenvalue weighted by molar-refractivity contribution is 6.31. The predicted molar refractivity (Wildman–Crippen MR) is 86.4 cm³/mol. The fourth-order valence-corrected chi connectivity index (χ4v) is 3.08. The summed E-state index contributed by atoms with van der Waals surface area (Å²) in [5.74, 6) is 0. The summed E-state index contributed by atoms with van der Waals surface area (Å²) in [4.78, 5) is 6.82. The first-order valence-corrected chi connectivity index (χ1v) is 7.70. The van der Waals surface area contributed by atoms with Gasteiger partial charge in [-0.2, -0.15) is 4.98 Å². The lowest BCUT2D eigenvalue weighted by Gasteiger charge is -2.32. The fourth-order valence-electron chi connectivity index (χ4n) is 2.87. The first-order chi connectivity index (χ1) is 10.7. The van der Waals surface area contributed by atoms with Crippen molar-refractivity contribution in [2.24, 2.45) is 0 Å². The highest BCUT2D eigenvalue weighted by atomic mass is 35.5. The van der Waals surface area contributed by atoms with Crippen LogP contribution in [0.5, 0.6) is 0 Å². The number of benzene rings is 1. The number of rotatable bonds is 2. The minimum Gasteiger partial charge on any atom is -0.472 e. The van der Waals surface area contributed by atoms with Crippen molar-refractivity contribution in [1.29, 1.82) is 0 Å². The van der Waals surface area contributed by atoms with E-state index < -0.39 is 0 Å². The number of halogens is 1. The number of oxazole rings is 1. The molecule has 2 aromatic heterocycles. The zero-order chi connectivity index (χ0) is 15.1. The van der Waals surface area contributed by atoms with E-state index in [0.29, 0.717) is 17.1 Å². The average molecular weight is 318 g/mol. The molecule has 0 aliphatic carbocycles. The van der Waals surface area contributed by atoms with Gasteiger partial charge in [-0.05, 0) is 25.1 Å². The van der Waals surface area contributed by atoms with E-state index in [2.05, 4.69) is 22.1 Å². The molecule has 1 fully saturated rings. The Labute approximate surface area is 132 Å². The summed E-state index contributed by atoms with van der Waals surface area (Å²) in [7, 11) is 0. The van der Waals surface area contributed by atoms with Crippen LogP contribution in [-0.4, -0.2) is 30.7 Å². The molecular formula is C16H16ClN3O2. The van der Waals surface area contributed by atoms with Gasteiger partial charge in [0.25, 0.3) is 6.01 Å². The van der Waals surface area contributed by atoms with Gasteiger partial charge in [0.1, 0.15) is 5.52 Å². The Kier molecular flexibility index (Phi) is 3.32. The average Bonchev–Trinajstić information content (AvgIpc) is 3.15. The Bertz CT molecular complexity index is 797. The van der Waals surface area contributed by atoms with Crippen molar-refractivity contribution in [2.75, 3.05) is 24.5 Å². The summed E-state index contributed by atoms with van der Waals surface area (Å²) in [6.07, 6.45) is 3.32. The Morgan fingerprint density at radius 2 is 2.32 bits per heavy atom. The largest absolute Gasteiger partial charge is 0.472 e. The third-order valence-corrected chi connectivity index (χ3v) is 4.24. The Morgan fingerprint density at radius 3 is 3.09 bits per heavy atom. The van der Waals surface area contributed by atoms with Crippen molar-refractivity contribution in [3.63, 3.8) is 0 Å². The number of piperazine rings is 1. The lowest BCUT2D eigenvalue weighted by molar-refractivity contribution is 0.456. The van der Waals surface area contributed by atoms with Crippen molar-refractivity contribution in [3.05, 3.63) is 35.7 Å². The van der Waals surface area contributed by atoms with Gasteiger partial charge in [-0.15, -0.1) is 0 Å². The molecule has 0 unspecified atom stereocenters. The highest BCUT2D eigenvalue weighted by Crippen LogP contribution is 2.35. The van der Waals surface area contributed by atoms with Gasteiger partial charge in [0, 0.05) is 41.8 Å². The van der Waals surface area contributed by atoms with E-state index in [1.807, 2.05) is 18.2 Å². The third-order valence-electron chi connectivity index (χ3n) is 4.02. The normalized spacial score (nSPS) is 19.0. The topological polar surface area (TPSA) is 54.4 Å². The number of hydrogen-bond acceptors (Lipinski definition) is 5. The zero-order valence-corrected chi connectivity index (χ0v) is 12.9. The van der Waals surface area contributed by atoms with E-state index in [1.54, 1.807) is 12.5 Å². The standard InChI is InChI=1S/C16H16ClN3O2/c1-10-8-18-3-4-20(10)16-19-14-7-12(17)6-13(15(14)22-16)11-2-5-21-9-11/h2,5-7,9-10,18H,3-4,8H2,1H3/t10-/m0/s1. The van der Waals surface area contributed by atoms with Crippen LogP contribution in [0.1, 0.15) is 6.92 Å². The molecule has 5 nitrogen and oxygen atoms in total. The van der Waals surface area contributed by atoms with Gasteiger partial charge in [-0.25, -0.2) is 0 Å². The number of nitrogens with one attached hydrogen (secondary N) is 1. The molecule has 22 heavy (non-hydrogen) atoms. The number of fused-ring (bicyclic) bond motifs is 1. The molecule has 114 valence electrons. The molecule has 3 heterocycles. The van der Waals surface area contributed by atoms with Crippen molar-refractivity contribution in [3.8, 4) is 11.1 Å². The third kappa shape index (κ3) is 2.26. The molecule has 6 heteroatoms. The van der Waals surface area contributed by atoms with Crippen molar-refractivity contribution < 1.29 is 8.83 Å². The van der Waals surface area contributed by atoms with Crippen LogP contribution in [0.15, 0.2) is 39.6 Å². The number of aromatic nitrogens is 1. The molecule has 1 saturated heterocycles. The summed E-state index contributed by atoms with van der Waals surface area (Å²) in [6.45, 7) is 4.89. The van der Waals surface area contributed by atoms with Gasteiger partial charge in [0.15, 0.2) is 5.58 Å². The second kappa shape index (κ2) is 5.34. The molecule has 0 spiro atoms. The lowest BCUT2D eigenvalue weighted by Crippen LogP contribution is -2.50. The number of hydrogen-bond donors (Lipinski definition) is 1. The van der Waals surface area contributed by atoms with Crippen molar-refractivity contribution in [1.82, 2.24) is 10.3 Å². The molecule has 1 aliphatic rings. The number of furan rings is 1. The summed E-state index contributed by atoms with van der Waals surface area (Å²) >= 11 is 6.23. The van der Waals surface area contributed by atoms with E-state index >= 15 is 0 Å².